The van der Waals surface area contributed by atoms with Crippen molar-refractivity contribution >= 4 is 29.1 Å². The largest absolute Gasteiger partial charge is 0.348 e. The summed E-state index contributed by atoms with van der Waals surface area (Å²) in [6.45, 7) is 8.42. The minimum Gasteiger partial charge on any atom is -0.348 e. The highest BCUT2D eigenvalue weighted by atomic mass is 16.2. The van der Waals surface area contributed by atoms with E-state index in [1.165, 1.54) is 13.3 Å². The highest BCUT2D eigenvalue weighted by molar-refractivity contribution is 5.93. The normalized spacial score (nSPS) is 21.0. The Bertz CT molecular complexity index is 705. The van der Waals surface area contributed by atoms with Crippen molar-refractivity contribution in [2.24, 2.45) is 5.92 Å². The Balaban J connectivity index is 1.87. The van der Waals surface area contributed by atoms with Crippen LogP contribution >= 0.6 is 0 Å². The number of quaternary nitrogens is 1. The van der Waals surface area contributed by atoms with Crippen molar-refractivity contribution in [3.63, 3.8) is 0 Å². The van der Waals surface area contributed by atoms with Gasteiger partial charge in [0, 0.05) is 24.3 Å². The maximum absolute atomic E-state index is 12.7. The summed E-state index contributed by atoms with van der Waals surface area (Å²) in [5, 5.41) is 8.76. The smallest absolute Gasteiger partial charge is 0.279 e. The van der Waals surface area contributed by atoms with Gasteiger partial charge in [-0.25, -0.2) is 0 Å². The Hall–Kier alpha value is -2.41. The molecular formula is C22H35N4O3+. The van der Waals surface area contributed by atoms with E-state index in [1.807, 2.05) is 13.8 Å². The maximum atomic E-state index is 12.7. The zero-order valence-electron chi connectivity index (χ0n) is 18.0. The fourth-order valence-corrected chi connectivity index (χ4v) is 3.86. The van der Waals surface area contributed by atoms with E-state index in [2.05, 4.69) is 22.9 Å². The van der Waals surface area contributed by atoms with Gasteiger partial charge in [-0.2, -0.15) is 0 Å². The van der Waals surface area contributed by atoms with Crippen LogP contribution in [0, 0.1) is 5.92 Å². The quantitative estimate of drug-likeness (QED) is 0.531. The summed E-state index contributed by atoms with van der Waals surface area (Å²) in [6, 6.07) is 6.92. The molecule has 1 aliphatic carbocycles. The lowest BCUT2D eigenvalue weighted by molar-refractivity contribution is -0.904. The van der Waals surface area contributed by atoms with E-state index in [0.29, 0.717) is 23.8 Å². The van der Waals surface area contributed by atoms with Gasteiger partial charge in [-0.1, -0.05) is 19.8 Å². The Morgan fingerprint density at radius 3 is 2.21 bits per heavy atom. The lowest BCUT2D eigenvalue weighted by Crippen LogP contribution is -3.17. The fourth-order valence-electron chi connectivity index (χ4n) is 3.86. The van der Waals surface area contributed by atoms with Gasteiger partial charge in [0.15, 0.2) is 12.6 Å². The number of carbonyl (C=O) groups is 3. The predicted octanol–water partition coefficient (Wildman–Crippen LogP) is 1.57. The van der Waals surface area contributed by atoms with Gasteiger partial charge >= 0.3 is 0 Å². The third-order valence-corrected chi connectivity index (χ3v) is 5.78. The van der Waals surface area contributed by atoms with Crippen LogP contribution < -0.4 is 20.9 Å². The van der Waals surface area contributed by atoms with Crippen molar-refractivity contribution in [2.45, 2.75) is 65.5 Å². The highest BCUT2D eigenvalue weighted by Gasteiger charge is 2.30. The van der Waals surface area contributed by atoms with Crippen LogP contribution in [0.3, 0.4) is 0 Å². The second-order valence-electron chi connectivity index (χ2n) is 8.09. The minimum absolute atomic E-state index is 0.0214. The standard InChI is InChI=1S/C22H34N4O3/c1-5-26(16(3)22(29)25-20-9-7-6-8-15(20)2)14-21(28)24-19-12-10-18(11-13-19)23-17(4)27/h10-13,15-16,20H,5-9,14H2,1-4H3,(H,23,27)(H,24,28)(H,25,29)/p+1/t15-,16-,20+/m0/s1. The van der Waals surface area contributed by atoms with Crippen molar-refractivity contribution < 1.29 is 19.3 Å². The average Bonchev–Trinajstić information content (AvgIpc) is 2.68. The van der Waals surface area contributed by atoms with Crippen LogP contribution in [0.4, 0.5) is 11.4 Å². The molecule has 0 saturated heterocycles. The van der Waals surface area contributed by atoms with Crippen molar-refractivity contribution in [1.29, 1.82) is 0 Å². The van der Waals surface area contributed by atoms with Crippen LogP contribution in [0.15, 0.2) is 24.3 Å². The lowest BCUT2D eigenvalue weighted by atomic mass is 9.86. The molecule has 2 rings (SSSR count). The van der Waals surface area contributed by atoms with Crippen LogP contribution in [0.5, 0.6) is 0 Å². The fraction of sp³-hybridized carbons (Fsp3) is 0.591. The Morgan fingerprint density at radius 1 is 1.07 bits per heavy atom. The Morgan fingerprint density at radius 2 is 1.66 bits per heavy atom. The zero-order valence-corrected chi connectivity index (χ0v) is 18.0. The Kier molecular flexibility index (Phi) is 8.64. The number of carbonyl (C=O) groups excluding carboxylic acids is 3. The van der Waals surface area contributed by atoms with Crippen LogP contribution in [-0.4, -0.2) is 42.9 Å². The average molecular weight is 404 g/mol. The number of amides is 3. The number of nitrogens with one attached hydrogen (secondary N) is 4. The van der Waals surface area contributed by atoms with Crippen LogP contribution in [0.25, 0.3) is 0 Å². The third-order valence-electron chi connectivity index (χ3n) is 5.78. The molecule has 0 bridgehead atoms. The molecule has 0 aromatic heterocycles. The van der Waals surface area contributed by atoms with Gasteiger partial charge in [0.1, 0.15) is 0 Å². The molecule has 1 aromatic carbocycles. The van der Waals surface area contributed by atoms with Crippen molar-refractivity contribution in [3.8, 4) is 0 Å². The SMILES string of the molecule is CC[NH+](CC(=O)Nc1ccc(NC(C)=O)cc1)[C@@H](C)C(=O)N[C@@H]1CCCC[C@@H]1C. The van der Waals surface area contributed by atoms with E-state index in [9.17, 15) is 14.4 Å². The van der Waals surface area contributed by atoms with Crippen molar-refractivity contribution in [2.75, 3.05) is 23.7 Å². The zero-order chi connectivity index (χ0) is 21.4. The molecule has 7 heteroatoms. The van der Waals surface area contributed by atoms with Crippen LogP contribution in [-0.2, 0) is 14.4 Å². The molecule has 4 atom stereocenters. The molecule has 29 heavy (non-hydrogen) atoms. The first kappa shape index (κ1) is 22.9. The summed E-state index contributed by atoms with van der Waals surface area (Å²) in [7, 11) is 0. The monoisotopic (exact) mass is 403 g/mol. The van der Waals surface area contributed by atoms with Crippen LogP contribution in [0.2, 0.25) is 0 Å². The number of hydrogen-bond acceptors (Lipinski definition) is 3. The summed E-state index contributed by atoms with van der Waals surface area (Å²) < 4.78 is 0. The molecule has 4 N–H and O–H groups in total. The molecule has 0 heterocycles. The molecule has 0 aliphatic heterocycles. The first-order valence-electron chi connectivity index (χ1n) is 10.6. The Labute approximate surface area is 173 Å². The molecule has 1 saturated carbocycles. The van der Waals surface area contributed by atoms with Gasteiger partial charge < -0.3 is 20.9 Å². The molecule has 7 nitrogen and oxygen atoms in total. The number of benzene rings is 1. The molecule has 1 aliphatic rings. The van der Waals surface area contributed by atoms with Gasteiger partial charge in [0.05, 0.1) is 6.54 Å². The lowest BCUT2D eigenvalue weighted by Gasteiger charge is -2.31. The number of anilines is 2. The van der Waals surface area contributed by atoms with Gasteiger partial charge in [0.25, 0.3) is 11.8 Å². The molecular weight excluding hydrogens is 368 g/mol. The molecule has 1 fully saturated rings. The molecule has 1 unspecified atom stereocenters. The number of likely N-dealkylation sites (N-methyl/N-ethyl adjacent to an activating group) is 1. The summed E-state index contributed by atoms with van der Waals surface area (Å²) in [6.07, 6.45) is 4.60. The molecule has 3 amide bonds. The van der Waals surface area contributed by atoms with E-state index in [4.69, 9.17) is 0 Å². The first-order valence-corrected chi connectivity index (χ1v) is 10.6. The van der Waals surface area contributed by atoms with Gasteiger partial charge in [0.2, 0.25) is 5.91 Å². The molecule has 0 spiro atoms. The molecule has 0 radical (unpaired) electrons. The van der Waals surface area contributed by atoms with Crippen molar-refractivity contribution in [1.82, 2.24) is 5.32 Å². The van der Waals surface area contributed by atoms with Crippen molar-refractivity contribution in [3.05, 3.63) is 24.3 Å². The van der Waals surface area contributed by atoms with E-state index in [1.54, 1.807) is 24.3 Å². The molecule has 1 aromatic rings. The van der Waals surface area contributed by atoms with E-state index < -0.39 is 0 Å². The van der Waals surface area contributed by atoms with Crippen LogP contribution in [0.1, 0.15) is 53.4 Å². The second-order valence-corrected chi connectivity index (χ2v) is 8.09. The predicted molar refractivity (Wildman–Crippen MR) is 115 cm³/mol. The number of rotatable bonds is 8. The number of hydrogen-bond donors (Lipinski definition) is 4. The van der Waals surface area contributed by atoms with E-state index in [-0.39, 0.29) is 36.3 Å². The topological polar surface area (TPSA) is 91.7 Å². The molecule has 160 valence electrons. The van der Waals surface area contributed by atoms with Gasteiger partial charge in [-0.05, 0) is 56.9 Å². The maximum Gasteiger partial charge on any atom is 0.279 e. The summed E-state index contributed by atoms with van der Waals surface area (Å²) >= 11 is 0. The van der Waals surface area contributed by atoms with Gasteiger partial charge in [-0.15, -0.1) is 0 Å². The minimum atomic E-state index is -0.290. The first-order chi connectivity index (χ1) is 13.8. The van der Waals surface area contributed by atoms with E-state index >= 15 is 0 Å². The summed E-state index contributed by atoms with van der Waals surface area (Å²) in [4.78, 5) is 37.2. The van der Waals surface area contributed by atoms with Gasteiger partial charge in [-0.3, -0.25) is 14.4 Å². The second kappa shape index (κ2) is 11.0. The summed E-state index contributed by atoms with van der Waals surface area (Å²) in [5.74, 6) is 0.250. The summed E-state index contributed by atoms with van der Waals surface area (Å²) in [5.41, 5.74) is 1.34. The highest BCUT2D eigenvalue weighted by Crippen LogP contribution is 2.23. The third kappa shape index (κ3) is 7.16. The van der Waals surface area contributed by atoms with E-state index in [0.717, 1.165) is 24.2 Å².